The van der Waals surface area contributed by atoms with Crippen LogP contribution in [0.25, 0.3) is 0 Å². The van der Waals surface area contributed by atoms with E-state index in [0.29, 0.717) is 0 Å². The maximum Gasteiger partial charge on any atom is 1.00 e. The molecule has 0 aromatic heterocycles. The minimum absolute atomic E-state index is 0. The van der Waals surface area contributed by atoms with Gasteiger partial charge in [-0.05, 0) is 27.7 Å². The van der Waals surface area contributed by atoms with Crippen LogP contribution in [0.1, 0.15) is 27.7 Å². The molecule has 0 amide bonds. The Morgan fingerprint density at radius 3 is 1.45 bits per heavy atom. The SMILES string of the molecule is CC(C)OP([O-])OC(C)C.[K+]. The molecule has 0 atom stereocenters. The molecule has 0 fully saturated rings. The summed E-state index contributed by atoms with van der Waals surface area (Å²) >= 11 is 0. The maximum absolute atomic E-state index is 10.8. The summed E-state index contributed by atoms with van der Waals surface area (Å²) in [4.78, 5) is 10.8. The Hall–Kier alpha value is 1.95. The summed E-state index contributed by atoms with van der Waals surface area (Å²) in [7, 11) is -1.91. The first-order valence-electron chi connectivity index (χ1n) is 3.33. The van der Waals surface area contributed by atoms with Crippen LogP contribution < -0.4 is 56.3 Å². The van der Waals surface area contributed by atoms with E-state index in [1.54, 1.807) is 0 Å². The van der Waals surface area contributed by atoms with Gasteiger partial charge in [-0.25, -0.2) is 0 Å². The van der Waals surface area contributed by atoms with Crippen molar-refractivity contribution in [2.75, 3.05) is 0 Å². The first kappa shape index (κ1) is 15.4. The van der Waals surface area contributed by atoms with Gasteiger partial charge in [-0.3, -0.25) is 0 Å². The quantitative estimate of drug-likeness (QED) is 0.410. The Kier molecular flexibility index (Phi) is 12.0. The van der Waals surface area contributed by atoms with Gasteiger partial charge in [0, 0.05) is 0 Å². The summed E-state index contributed by atoms with van der Waals surface area (Å²) in [6.07, 6.45) is -0.0790. The van der Waals surface area contributed by atoms with Crippen LogP contribution in [-0.2, 0) is 9.05 Å². The molecule has 0 heterocycles. The average molecular weight is 204 g/mol. The summed E-state index contributed by atoms with van der Waals surface area (Å²) in [5.41, 5.74) is 0. The zero-order valence-electron chi connectivity index (χ0n) is 7.83. The molecule has 0 aromatic carbocycles. The van der Waals surface area contributed by atoms with E-state index in [-0.39, 0.29) is 63.6 Å². The van der Waals surface area contributed by atoms with Gasteiger partial charge in [-0.1, -0.05) is 0 Å². The van der Waals surface area contributed by atoms with Gasteiger partial charge >= 0.3 is 51.4 Å². The number of hydrogen-bond donors (Lipinski definition) is 0. The molecule has 5 heteroatoms. The summed E-state index contributed by atoms with van der Waals surface area (Å²) in [5.74, 6) is 0. The molecule has 3 nitrogen and oxygen atoms in total. The Balaban J connectivity index is 0. The van der Waals surface area contributed by atoms with Crippen LogP contribution in [0.2, 0.25) is 0 Å². The van der Waals surface area contributed by atoms with E-state index in [4.69, 9.17) is 9.05 Å². The molecular formula is C6H14KO3P. The second kappa shape index (κ2) is 8.54. The van der Waals surface area contributed by atoms with Crippen molar-refractivity contribution in [1.29, 1.82) is 0 Å². The van der Waals surface area contributed by atoms with Gasteiger partial charge < -0.3 is 13.9 Å². The van der Waals surface area contributed by atoms with Crippen molar-refractivity contribution in [1.82, 2.24) is 0 Å². The number of hydrogen-bond acceptors (Lipinski definition) is 3. The van der Waals surface area contributed by atoms with Crippen molar-refractivity contribution in [2.45, 2.75) is 39.9 Å². The molecule has 0 aliphatic heterocycles. The second-order valence-electron chi connectivity index (χ2n) is 2.53. The van der Waals surface area contributed by atoms with Gasteiger partial charge in [0.15, 0.2) is 0 Å². The third-order valence-electron chi connectivity index (χ3n) is 0.594. The van der Waals surface area contributed by atoms with Crippen LogP contribution in [0.3, 0.4) is 0 Å². The Labute approximate surface area is 112 Å². The molecule has 0 aliphatic rings. The minimum atomic E-state index is -1.91. The Morgan fingerprint density at radius 2 is 1.27 bits per heavy atom. The normalized spacial score (nSPS) is 10.9. The van der Waals surface area contributed by atoms with Crippen molar-refractivity contribution in [2.24, 2.45) is 0 Å². The molecule has 0 aliphatic carbocycles. The Morgan fingerprint density at radius 1 is 1.00 bits per heavy atom. The van der Waals surface area contributed by atoms with E-state index in [2.05, 4.69) is 0 Å². The molecule has 11 heavy (non-hydrogen) atoms. The third-order valence-corrected chi connectivity index (χ3v) is 1.78. The predicted octanol–water partition coefficient (Wildman–Crippen LogP) is -1.57. The molecule has 0 bridgehead atoms. The van der Waals surface area contributed by atoms with Crippen molar-refractivity contribution in [3.63, 3.8) is 0 Å². The fourth-order valence-electron chi connectivity index (χ4n) is 0.369. The van der Waals surface area contributed by atoms with E-state index < -0.39 is 8.60 Å². The van der Waals surface area contributed by atoms with Crippen LogP contribution >= 0.6 is 8.60 Å². The topological polar surface area (TPSA) is 41.5 Å². The molecule has 0 saturated heterocycles. The molecule has 0 rings (SSSR count). The van der Waals surface area contributed by atoms with Gasteiger partial charge in [0.1, 0.15) is 0 Å². The largest absolute Gasteiger partial charge is 1.00 e. The van der Waals surface area contributed by atoms with E-state index in [1.165, 1.54) is 0 Å². The zero-order valence-corrected chi connectivity index (χ0v) is 11.8. The van der Waals surface area contributed by atoms with E-state index >= 15 is 0 Å². The van der Waals surface area contributed by atoms with Crippen molar-refractivity contribution in [3.05, 3.63) is 0 Å². The van der Waals surface area contributed by atoms with Crippen molar-refractivity contribution >= 4 is 8.60 Å². The molecule has 0 unspecified atom stereocenters. The van der Waals surface area contributed by atoms with Crippen LogP contribution in [0.5, 0.6) is 0 Å². The molecule has 0 aromatic rings. The first-order chi connectivity index (χ1) is 4.52. The predicted molar refractivity (Wildman–Crippen MR) is 39.4 cm³/mol. The van der Waals surface area contributed by atoms with Gasteiger partial charge in [0.2, 0.25) is 0 Å². The minimum Gasteiger partial charge on any atom is -0.786 e. The summed E-state index contributed by atoms with van der Waals surface area (Å²) < 4.78 is 9.70. The van der Waals surface area contributed by atoms with Crippen molar-refractivity contribution in [3.8, 4) is 0 Å². The fourth-order valence-corrected chi connectivity index (χ4v) is 1.11. The third kappa shape index (κ3) is 11.9. The average Bonchev–Trinajstić information content (AvgIpc) is 1.58. The fraction of sp³-hybridized carbons (Fsp3) is 1.00. The zero-order chi connectivity index (χ0) is 8.15. The van der Waals surface area contributed by atoms with Gasteiger partial charge in [0.25, 0.3) is 0 Å². The van der Waals surface area contributed by atoms with Gasteiger partial charge in [-0.15, -0.1) is 0 Å². The van der Waals surface area contributed by atoms with Crippen molar-refractivity contribution < 1.29 is 65.3 Å². The molecule has 62 valence electrons. The maximum atomic E-state index is 10.8. The van der Waals surface area contributed by atoms with E-state index in [0.717, 1.165) is 0 Å². The van der Waals surface area contributed by atoms with Gasteiger partial charge in [-0.2, -0.15) is 0 Å². The summed E-state index contributed by atoms with van der Waals surface area (Å²) in [5, 5.41) is 0. The second-order valence-corrected chi connectivity index (χ2v) is 3.40. The summed E-state index contributed by atoms with van der Waals surface area (Å²) in [6.45, 7) is 7.27. The standard InChI is InChI=1S/C6H14O3P.K/c1-5(2)8-10(7)9-6(3)4;/h5-6H,1-4H3;/q-1;+1. The van der Waals surface area contributed by atoms with Crippen LogP contribution in [0.4, 0.5) is 0 Å². The first-order valence-corrected chi connectivity index (χ1v) is 4.42. The van der Waals surface area contributed by atoms with E-state index in [1.807, 2.05) is 27.7 Å². The molecule has 0 N–H and O–H groups in total. The summed E-state index contributed by atoms with van der Waals surface area (Å²) in [6, 6.07) is 0. The van der Waals surface area contributed by atoms with Gasteiger partial charge in [0.05, 0.1) is 20.8 Å². The molecule has 0 spiro atoms. The molecular weight excluding hydrogens is 190 g/mol. The molecule has 0 radical (unpaired) electrons. The smallest absolute Gasteiger partial charge is 0.786 e. The van der Waals surface area contributed by atoms with Crippen LogP contribution in [0, 0.1) is 0 Å². The Bertz CT molecular complexity index is 79.9. The van der Waals surface area contributed by atoms with Crippen LogP contribution in [-0.4, -0.2) is 12.2 Å². The van der Waals surface area contributed by atoms with Crippen LogP contribution in [0.15, 0.2) is 0 Å². The number of rotatable bonds is 4. The molecule has 0 saturated carbocycles. The van der Waals surface area contributed by atoms with E-state index in [9.17, 15) is 4.89 Å². The monoisotopic (exact) mass is 204 g/mol.